The number of hydrogen-bond donors (Lipinski definition) is 1. The zero-order valence-corrected chi connectivity index (χ0v) is 12.4. The van der Waals surface area contributed by atoms with E-state index in [9.17, 15) is 21.6 Å². The first-order valence-electron chi connectivity index (χ1n) is 6.39. The Morgan fingerprint density at radius 3 is 2.43 bits per heavy atom. The first-order valence-corrected chi connectivity index (χ1v) is 8.10. The Hall–Kier alpha value is -1.28. The maximum absolute atomic E-state index is 12.7. The van der Waals surface area contributed by atoms with Crippen molar-refractivity contribution in [2.24, 2.45) is 11.1 Å². The van der Waals surface area contributed by atoms with Gasteiger partial charge in [-0.2, -0.15) is 13.2 Å². The normalized spacial score (nSPS) is 14.0. The van der Waals surface area contributed by atoms with Crippen molar-refractivity contribution in [1.29, 1.82) is 0 Å². The molecule has 0 aliphatic carbocycles. The van der Waals surface area contributed by atoms with E-state index < -0.39 is 21.8 Å². The standard InChI is InChI=1S/C13H18F3NO3S/c1-10(7-9-21(17,18)19)6-8-20-12-5-3-2-4-11(12)13(14,15)16/h2-5,10H,6-9H2,1H3,(H2,17,18,19). The molecule has 1 atom stereocenters. The number of ether oxygens (including phenoxy) is 1. The molecule has 0 fully saturated rings. The van der Waals surface area contributed by atoms with E-state index in [1.54, 1.807) is 6.92 Å². The highest BCUT2D eigenvalue weighted by Gasteiger charge is 2.33. The van der Waals surface area contributed by atoms with Crippen LogP contribution in [0.4, 0.5) is 13.2 Å². The van der Waals surface area contributed by atoms with Gasteiger partial charge >= 0.3 is 6.18 Å². The third kappa shape index (κ3) is 6.81. The summed E-state index contributed by atoms with van der Waals surface area (Å²) < 4.78 is 65.0. The fraction of sp³-hybridized carbons (Fsp3) is 0.538. The lowest BCUT2D eigenvalue weighted by Crippen LogP contribution is -2.19. The van der Waals surface area contributed by atoms with E-state index in [1.165, 1.54) is 18.2 Å². The minimum Gasteiger partial charge on any atom is -0.493 e. The van der Waals surface area contributed by atoms with Crippen LogP contribution < -0.4 is 9.88 Å². The predicted molar refractivity (Wildman–Crippen MR) is 73.3 cm³/mol. The number of nitrogens with two attached hydrogens (primary N) is 1. The zero-order valence-electron chi connectivity index (χ0n) is 11.6. The van der Waals surface area contributed by atoms with E-state index in [4.69, 9.17) is 9.88 Å². The third-order valence-corrected chi connectivity index (χ3v) is 3.76. The van der Waals surface area contributed by atoms with E-state index in [1.807, 2.05) is 0 Å². The summed E-state index contributed by atoms with van der Waals surface area (Å²) in [5.41, 5.74) is -0.817. The molecule has 1 aromatic rings. The van der Waals surface area contributed by atoms with Gasteiger partial charge in [-0.3, -0.25) is 0 Å². The number of rotatable bonds is 7. The zero-order chi connectivity index (χ0) is 16.1. The molecule has 0 heterocycles. The SMILES string of the molecule is CC(CCOc1ccccc1C(F)(F)F)CCS(N)(=O)=O. The summed E-state index contributed by atoms with van der Waals surface area (Å²) in [5, 5.41) is 4.89. The minimum absolute atomic E-state index is 0.0126. The lowest BCUT2D eigenvalue weighted by molar-refractivity contribution is -0.139. The summed E-state index contributed by atoms with van der Waals surface area (Å²) in [4.78, 5) is 0. The molecular formula is C13H18F3NO3S. The number of hydrogen-bond acceptors (Lipinski definition) is 3. The predicted octanol–water partition coefficient (Wildman–Crippen LogP) is 2.79. The maximum atomic E-state index is 12.7. The Bertz CT molecular complexity index is 558. The highest BCUT2D eigenvalue weighted by atomic mass is 32.2. The first-order chi connectivity index (χ1) is 9.59. The molecule has 1 unspecified atom stereocenters. The summed E-state index contributed by atoms with van der Waals surface area (Å²) in [5.74, 6) is -0.377. The number of primary sulfonamides is 1. The van der Waals surface area contributed by atoms with Crippen LogP contribution in [0.25, 0.3) is 0 Å². The van der Waals surface area contributed by atoms with Gasteiger partial charge in [-0.15, -0.1) is 0 Å². The van der Waals surface area contributed by atoms with Gasteiger partial charge in [0.25, 0.3) is 0 Å². The smallest absolute Gasteiger partial charge is 0.419 e. The van der Waals surface area contributed by atoms with Gasteiger partial charge in [-0.1, -0.05) is 19.1 Å². The van der Waals surface area contributed by atoms with E-state index >= 15 is 0 Å². The van der Waals surface area contributed by atoms with Crippen molar-refractivity contribution in [3.8, 4) is 5.75 Å². The molecule has 0 aromatic heterocycles. The van der Waals surface area contributed by atoms with Crippen LogP contribution in [0.2, 0.25) is 0 Å². The molecule has 0 radical (unpaired) electrons. The minimum atomic E-state index is -4.46. The van der Waals surface area contributed by atoms with Crippen LogP contribution >= 0.6 is 0 Å². The van der Waals surface area contributed by atoms with Crippen molar-refractivity contribution in [3.05, 3.63) is 29.8 Å². The summed E-state index contributed by atoms with van der Waals surface area (Å²) >= 11 is 0. The van der Waals surface area contributed by atoms with Crippen molar-refractivity contribution in [3.63, 3.8) is 0 Å². The quantitative estimate of drug-likeness (QED) is 0.838. The molecular weight excluding hydrogens is 307 g/mol. The average molecular weight is 325 g/mol. The third-order valence-electron chi connectivity index (χ3n) is 2.96. The highest BCUT2D eigenvalue weighted by Crippen LogP contribution is 2.35. The van der Waals surface area contributed by atoms with Crippen LogP contribution in [-0.2, 0) is 16.2 Å². The van der Waals surface area contributed by atoms with Gasteiger partial charge in [0.15, 0.2) is 0 Å². The van der Waals surface area contributed by atoms with Crippen molar-refractivity contribution >= 4 is 10.0 Å². The molecule has 0 amide bonds. The Morgan fingerprint density at radius 1 is 1.24 bits per heavy atom. The largest absolute Gasteiger partial charge is 0.493 e. The van der Waals surface area contributed by atoms with Crippen LogP contribution in [-0.4, -0.2) is 20.8 Å². The van der Waals surface area contributed by atoms with Crippen LogP contribution in [0.1, 0.15) is 25.3 Å². The van der Waals surface area contributed by atoms with Gasteiger partial charge in [0, 0.05) is 0 Å². The van der Waals surface area contributed by atoms with Gasteiger partial charge in [-0.05, 0) is 30.9 Å². The fourth-order valence-corrected chi connectivity index (χ4v) is 2.44. The first kappa shape index (κ1) is 17.8. The summed E-state index contributed by atoms with van der Waals surface area (Å²) in [6.45, 7) is 1.88. The van der Waals surface area contributed by atoms with Crippen LogP contribution in [0.15, 0.2) is 24.3 Å². The van der Waals surface area contributed by atoms with Crippen molar-refractivity contribution in [2.45, 2.75) is 25.9 Å². The number of halogens is 3. The molecule has 21 heavy (non-hydrogen) atoms. The van der Waals surface area contributed by atoms with Crippen LogP contribution in [0, 0.1) is 5.92 Å². The van der Waals surface area contributed by atoms with Crippen molar-refractivity contribution in [2.75, 3.05) is 12.4 Å². The molecule has 0 bridgehead atoms. The van der Waals surface area contributed by atoms with E-state index in [-0.39, 0.29) is 24.0 Å². The Balaban J connectivity index is 2.50. The highest BCUT2D eigenvalue weighted by molar-refractivity contribution is 7.89. The monoisotopic (exact) mass is 325 g/mol. The molecule has 0 saturated heterocycles. The Kier molecular flexibility index (Phi) is 6.03. The summed E-state index contributed by atoms with van der Waals surface area (Å²) in [6, 6.07) is 4.98. The van der Waals surface area contributed by atoms with E-state index in [2.05, 4.69) is 0 Å². The maximum Gasteiger partial charge on any atom is 0.419 e. The summed E-state index contributed by atoms with van der Waals surface area (Å²) in [7, 11) is -3.51. The van der Waals surface area contributed by atoms with Gasteiger partial charge in [-0.25, -0.2) is 13.6 Å². The molecule has 1 rings (SSSR count). The van der Waals surface area contributed by atoms with Crippen LogP contribution in [0.5, 0.6) is 5.75 Å². The fourth-order valence-electron chi connectivity index (χ4n) is 1.71. The van der Waals surface area contributed by atoms with Crippen LogP contribution in [0.3, 0.4) is 0 Å². The van der Waals surface area contributed by atoms with E-state index in [0.717, 1.165) is 6.07 Å². The second-order valence-corrected chi connectivity index (χ2v) is 6.63. The Labute approximate surface area is 122 Å². The second-order valence-electron chi connectivity index (χ2n) is 4.89. The lowest BCUT2D eigenvalue weighted by atomic mass is 10.1. The van der Waals surface area contributed by atoms with Gasteiger partial charge < -0.3 is 4.74 Å². The summed E-state index contributed by atoms with van der Waals surface area (Å²) in [6.07, 6.45) is -3.67. The number of alkyl halides is 3. The average Bonchev–Trinajstić information content (AvgIpc) is 2.35. The molecule has 8 heteroatoms. The van der Waals surface area contributed by atoms with Gasteiger partial charge in [0.05, 0.1) is 17.9 Å². The van der Waals surface area contributed by atoms with Gasteiger partial charge in [0.2, 0.25) is 10.0 Å². The number of para-hydroxylation sites is 1. The van der Waals surface area contributed by atoms with E-state index in [0.29, 0.717) is 12.8 Å². The molecule has 0 saturated carbocycles. The van der Waals surface area contributed by atoms with Gasteiger partial charge in [0.1, 0.15) is 5.75 Å². The second kappa shape index (κ2) is 7.13. The molecule has 0 aliphatic heterocycles. The molecule has 120 valence electrons. The van der Waals surface area contributed by atoms with Crippen molar-refractivity contribution < 1.29 is 26.3 Å². The number of benzene rings is 1. The van der Waals surface area contributed by atoms with Crippen molar-refractivity contribution in [1.82, 2.24) is 0 Å². The molecule has 4 nitrogen and oxygen atoms in total. The molecule has 0 spiro atoms. The topological polar surface area (TPSA) is 69.4 Å². The number of sulfonamides is 1. The Morgan fingerprint density at radius 2 is 1.86 bits per heavy atom. The molecule has 2 N–H and O–H groups in total. The molecule has 0 aliphatic rings. The lowest BCUT2D eigenvalue weighted by Gasteiger charge is -2.15. The molecule has 1 aromatic carbocycles.